The summed E-state index contributed by atoms with van der Waals surface area (Å²) in [5, 5.41) is 19.9. The van der Waals surface area contributed by atoms with Crippen molar-refractivity contribution >= 4 is 27.7 Å². The number of rotatable bonds is 2. The van der Waals surface area contributed by atoms with Gasteiger partial charge in [-0.05, 0) is 55.7 Å². The molecule has 0 radical (unpaired) electrons. The van der Waals surface area contributed by atoms with Crippen LogP contribution < -0.4 is 10.5 Å². The molecule has 32 heavy (non-hydrogen) atoms. The van der Waals surface area contributed by atoms with Crippen molar-refractivity contribution in [1.82, 2.24) is 9.55 Å². The molecule has 0 bridgehead atoms. The molecule has 7 nitrogen and oxygen atoms in total. The molecule has 1 fully saturated rings. The highest BCUT2D eigenvalue weighted by molar-refractivity contribution is 5.95. The van der Waals surface area contributed by atoms with Crippen LogP contribution in [-0.4, -0.2) is 22.6 Å². The van der Waals surface area contributed by atoms with E-state index in [-0.39, 0.29) is 17.0 Å². The van der Waals surface area contributed by atoms with Crippen LogP contribution in [0.15, 0.2) is 45.6 Å². The van der Waals surface area contributed by atoms with E-state index in [1.54, 1.807) is 25.2 Å². The van der Waals surface area contributed by atoms with Crippen molar-refractivity contribution < 1.29 is 4.42 Å². The topological polar surface area (TPSA) is 98.9 Å². The fourth-order valence-corrected chi connectivity index (χ4v) is 4.61. The van der Waals surface area contributed by atoms with Gasteiger partial charge in [0.05, 0.1) is 22.8 Å². The van der Waals surface area contributed by atoms with Crippen molar-refractivity contribution in [3.05, 3.63) is 69.3 Å². The Morgan fingerprint density at radius 1 is 1.09 bits per heavy atom. The molecular formula is C25H21N5O2. The highest BCUT2D eigenvalue weighted by Crippen LogP contribution is 2.36. The fraction of sp³-hybridized carbons (Fsp3) is 0.280. The summed E-state index contributed by atoms with van der Waals surface area (Å²) in [6, 6.07) is 15.5. The van der Waals surface area contributed by atoms with Crippen LogP contribution in [0.25, 0.3) is 22.0 Å². The molecule has 0 aliphatic carbocycles. The van der Waals surface area contributed by atoms with E-state index in [0.29, 0.717) is 29.9 Å². The van der Waals surface area contributed by atoms with Crippen LogP contribution >= 0.6 is 0 Å². The molecule has 1 saturated heterocycles. The number of piperidine rings is 1. The Labute approximate surface area is 184 Å². The molecule has 1 aliphatic heterocycles. The third-order valence-corrected chi connectivity index (χ3v) is 6.33. The molecule has 0 atom stereocenters. The number of hydrogen-bond donors (Lipinski definition) is 0. The standard InChI is InChI=1S/C25H21N5O2/c1-15-3-6-22-20(11-15)28-24(32-22)17-7-9-30(10-8-17)23-18-12-16(13-26)4-5-21(18)29(2)25(31)19(23)14-27/h3-6,11-12,17H,7-10H2,1-2H3. The molecule has 5 rings (SSSR count). The molecule has 2 aromatic carbocycles. The van der Waals surface area contributed by atoms with E-state index in [2.05, 4.69) is 17.0 Å². The van der Waals surface area contributed by atoms with Crippen molar-refractivity contribution in [3.8, 4) is 12.1 Å². The zero-order chi connectivity index (χ0) is 22.4. The zero-order valence-corrected chi connectivity index (χ0v) is 17.9. The van der Waals surface area contributed by atoms with Gasteiger partial charge < -0.3 is 13.9 Å². The Morgan fingerprint density at radius 2 is 1.88 bits per heavy atom. The number of nitriles is 2. The van der Waals surface area contributed by atoms with Crippen LogP contribution in [0.1, 0.15) is 41.3 Å². The third-order valence-electron chi connectivity index (χ3n) is 6.33. The van der Waals surface area contributed by atoms with Crippen molar-refractivity contribution in [1.29, 1.82) is 10.5 Å². The summed E-state index contributed by atoms with van der Waals surface area (Å²) in [5.74, 6) is 0.920. The van der Waals surface area contributed by atoms with Gasteiger partial charge in [-0.15, -0.1) is 0 Å². The largest absolute Gasteiger partial charge is 0.440 e. The molecule has 0 saturated carbocycles. The number of fused-ring (bicyclic) bond motifs is 2. The maximum absolute atomic E-state index is 12.9. The number of benzene rings is 2. The summed E-state index contributed by atoms with van der Waals surface area (Å²) in [6.45, 7) is 3.36. The van der Waals surface area contributed by atoms with E-state index in [4.69, 9.17) is 9.40 Å². The summed E-state index contributed by atoms with van der Waals surface area (Å²) < 4.78 is 7.49. The summed E-state index contributed by atoms with van der Waals surface area (Å²) in [7, 11) is 1.66. The highest BCUT2D eigenvalue weighted by Gasteiger charge is 2.28. The first-order valence-electron chi connectivity index (χ1n) is 10.6. The van der Waals surface area contributed by atoms with Crippen molar-refractivity contribution in [3.63, 3.8) is 0 Å². The summed E-state index contributed by atoms with van der Waals surface area (Å²) in [5.41, 5.74) is 4.43. The molecule has 158 valence electrons. The van der Waals surface area contributed by atoms with Gasteiger partial charge in [-0.3, -0.25) is 4.79 Å². The molecule has 3 heterocycles. The van der Waals surface area contributed by atoms with Gasteiger partial charge in [-0.1, -0.05) is 6.07 Å². The lowest BCUT2D eigenvalue weighted by Crippen LogP contribution is -2.35. The summed E-state index contributed by atoms with van der Waals surface area (Å²) in [4.78, 5) is 19.7. The van der Waals surface area contributed by atoms with Gasteiger partial charge in [0.2, 0.25) is 0 Å². The quantitative estimate of drug-likeness (QED) is 0.481. The van der Waals surface area contributed by atoms with Crippen LogP contribution in [0, 0.1) is 29.6 Å². The Balaban J connectivity index is 1.52. The smallest absolute Gasteiger partial charge is 0.270 e. The van der Waals surface area contributed by atoms with E-state index in [1.807, 2.05) is 25.1 Å². The van der Waals surface area contributed by atoms with E-state index < -0.39 is 0 Å². The van der Waals surface area contributed by atoms with Gasteiger partial charge in [0.15, 0.2) is 11.5 Å². The van der Waals surface area contributed by atoms with Gasteiger partial charge in [0.25, 0.3) is 5.56 Å². The molecule has 0 unspecified atom stereocenters. The van der Waals surface area contributed by atoms with E-state index in [1.165, 1.54) is 4.57 Å². The highest BCUT2D eigenvalue weighted by atomic mass is 16.3. The van der Waals surface area contributed by atoms with Crippen LogP contribution in [0.2, 0.25) is 0 Å². The number of aromatic nitrogens is 2. The average Bonchev–Trinajstić information content (AvgIpc) is 3.24. The maximum atomic E-state index is 12.9. The maximum Gasteiger partial charge on any atom is 0.270 e. The number of anilines is 1. The lowest BCUT2D eigenvalue weighted by molar-refractivity contribution is 0.407. The number of pyridine rings is 1. The minimum atomic E-state index is -0.323. The number of aryl methyl sites for hydroxylation is 2. The van der Waals surface area contributed by atoms with Gasteiger partial charge in [0.1, 0.15) is 17.1 Å². The number of nitrogens with zero attached hydrogens (tertiary/aromatic N) is 5. The first-order valence-corrected chi connectivity index (χ1v) is 10.6. The lowest BCUT2D eigenvalue weighted by Gasteiger charge is -2.33. The molecule has 0 amide bonds. The summed E-state index contributed by atoms with van der Waals surface area (Å²) in [6.07, 6.45) is 1.59. The predicted octanol–water partition coefficient (Wildman–Crippen LogP) is 4.12. The fourth-order valence-electron chi connectivity index (χ4n) is 4.61. The molecule has 7 heteroatoms. The predicted molar refractivity (Wildman–Crippen MR) is 122 cm³/mol. The molecule has 1 aliphatic rings. The van der Waals surface area contributed by atoms with Crippen LogP contribution in [0.3, 0.4) is 0 Å². The van der Waals surface area contributed by atoms with E-state index >= 15 is 0 Å². The van der Waals surface area contributed by atoms with E-state index in [0.717, 1.165) is 40.8 Å². The first kappa shape index (κ1) is 19.8. The monoisotopic (exact) mass is 423 g/mol. The molecule has 4 aromatic rings. The minimum Gasteiger partial charge on any atom is -0.440 e. The van der Waals surface area contributed by atoms with Gasteiger partial charge >= 0.3 is 0 Å². The Bertz CT molecular complexity index is 1510. The summed E-state index contributed by atoms with van der Waals surface area (Å²) >= 11 is 0. The normalized spacial score (nSPS) is 14.6. The molecule has 0 spiro atoms. The first-order chi connectivity index (χ1) is 15.5. The molecule has 2 aromatic heterocycles. The molecule has 0 N–H and O–H groups in total. The number of oxazole rings is 1. The van der Waals surface area contributed by atoms with Crippen molar-refractivity contribution in [2.45, 2.75) is 25.7 Å². The Kier molecular flexibility index (Phi) is 4.68. The third kappa shape index (κ3) is 3.11. The number of hydrogen-bond acceptors (Lipinski definition) is 6. The van der Waals surface area contributed by atoms with E-state index in [9.17, 15) is 15.3 Å². The second-order valence-electron chi connectivity index (χ2n) is 8.33. The van der Waals surface area contributed by atoms with Gasteiger partial charge in [-0.25, -0.2) is 4.98 Å². The van der Waals surface area contributed by atoms with Crippen LogP contribution in [-0.2, 0) is 7.05 Å². The molecular weight excluding hydrogens is 402 g/mol. The zero-order valence-electron chi connectivity index (χ0n) is 17.9. The van der Waals surface area contributed by atoms with Crippen molar-refractivity contribution in [2.24, 2.45) is 7.05 Å². The van der Waals surface area contributed by atoms with Gasteiger partial charge in [0, 0.05) is 31.4 Å². The lowest BCUT2D eigenvalue weighted by atomic mass is 9.95. The minimum absolute atomic E-state index is 0.117. The second kappa shape index (κ2) is 7.55. The van der Waals surface area contributed by atoms with Crippen molar-refractivity contribution in [2.75, 3.05) is 18.0 Å². The Hall–Kier alpha value is -4.10. The SMILES string of the molecule is Cc1ccc2oc(C3CCN(c4c(C#N)c(=O)n(C)c5ccc(C#N)cc45)CC3)nc2c1. The second-order valence-corrected chi connectivity index (χ2v) is 8.33. The average molecular weight is 423 g/mol. The van der Waals surface area contributed by atoms with Gasteiger partial charge in [-0.2, -0.15) is 10.5 Å². The Morgan fingerprint density at radius 3 is 2.59 bits per heavy atom. The van der Waals surface area contributed by atoms with Crippen LogP contribution in [0.4, 0.5) is 5.69 Å². The van der Waals surface area contributed by atoms with Crippen LogP contribution in [0.5, 0.6) is 0 Å².